The Morgan fingerprint density at radius 1 is 0.556 bits per heavy atom. The van der Waals surface area contributed by atoms with Crippen LogP contribution >= 0.6 is 46.4 Å². The summed E-state index contributed by atoms with van der Waals surface area (Å²) in [7, 11) is 3.30. The second-order valence-corrected chi connectivity index (χ2v) is 13.5. The van der Waals surface area contributed by atoms with Crippen LogP contribution in [0.5, 0.6) is 11.8 Å². The molecule has 10 nitrogen and oxygen atoms in total. The summed E-state index contributed by atoms with van der Waals surface area (Å²) < 4.78 is 14.2. The highest BCUT2D eigenvalue weighted by molar-refractivity contribution is 6.38. The van der Waals surface area contributed by atoms with Crippen molar-refractivity contribution in [3.63, 3.8) is 0 Å². The van der Waals surface area contributed by atoms with E-state index in [9.17, 15) is 19.2 Å². The summed E-state index contributed by atoms with van der Waals surface area (Å²) in [6.07, 6.45) is 0. The number of aromatic nitrogens is 4. The normalized spacial score (nSPS) is 10.7. The van der Waals surface area contributed by atoms with Crippen LogP contribution in [0.15, 0.2) is 97.1 Å². The maximum atomic E-state index is 13.0. The van der Waals surface area contributed by atoms with Crippen LogP contribution in [0.4, 0.5) is 0 Å². The van der Waals surface area contributed by atoms with Gasteiger partial charge in [-0.05, 0) is 50.2 Å². The molecule has 6 rings (SSSR count). The van der Waals surface area contributed by atoms with Crippen LogP contribution in [-0.4, -0.2) is 55.9 Å². The molecule has 0 saturated carbocycles. The number of carbonyl (C=O) groups is 4. The van der Waals surface area contributed by atoms with Gasteiger partial charge in [0.15, 0.2) is 24.8 Å². The van der Waals surface area contributed by atoms with Crippen molar-refractivity contribution in [3.05, 3.63) is 162 Å². The Morgan fingerprint density at radius 3 is 1.24 bits per heavy atom. The number of benzene rings is 4. The number of ether oxygens (including phenoxy) is 2. The van der Waals surface area contributed by atoms with Crippen molar-refractivity contribution in [1.82, 2.24) is 19.6 Å². The van der Waals surface area contributed by atoms with Gasteiger partial charge in [0.05, 0.1) is 21.4 Å². The fourth-order valence-electron chi connectivity index (χ4n) is 5.43. The van der Waals surface area contributed by atoms with E-state index >= 15 is 0 Å². The van der Waals surface area contributed by atoms with Gasteiger partial charge >= 0.3 is 0 Å². The zero-order valence-electron chi connectivity index (χ0n) is 29.4. The third-order valence-corrected chi connectivity index (χ3v) is 9.11. The highest BCUT2D eigenvalue weighted by atomic mass is 35.5. The lowest BCUT2D eigenvalue weighted by Crippen LogP contribution is -2.15. The molecule has 0 saturated heterocycles. The number of Topliss-reactive ketones (excluding diaryl/α,β-unsaturated/α-hetero) is 2. The molecule has 2 aromatic heterocycles. The molecule has 4 aromatic carbocycles. The first-order chi connectivity index (χ1) is 25.8. The smallest absolute Gasteiger partial charge is 0.223 e. The van der Waals surface area contributed by atoms with E-state index in [0.29, 0.717) is 32.6 Å². The third-order valence-electron chi connectivity index (χ3n) is 8.02. The molecule has 0 fully saturated rings. The van der Waals surface area contributed by atoms with Gasteiger partial charge in [-0.2, -0.15) is 10.2 Å². The van der Waals surface area contributed by atoms with Crippen molar-refractivity contribution in [1.29, 1.82) is 0 Å². The minimum atomic E-state index is -0.343. The Hall–Kier alpha value is -5.26. The molecule has 2 heterocycles. The molecular formula is C40H32Cl4N4O6. The molecular weight excluding hydrogens is 774 g/mol. The zero-order chi connectivity index (χ0) is 39.1. The quantitative estimate of drug-likeness (QED) is 0.112. The Labute approximate surface area is 331 Å². The fraction of sp³-hybridized carbons (Fsp3) is 0.150. The molecule has 14 heteroatoms. The van der Waals surface area contributed by atoms with Crippen LogP contribution in [0, 0.1) is 13.8 Å². The van der Waals surface area contributed by atoms with Crippen LogP contribution in [0.2, 0.25) is 20.1 Å². The molecule has 0 spiro atoms. The molecule has 0 bridgehead atoms. The van der Waals surface area contributed by atoms with Gasteiger partial charge < -0.3 is 9.47 Å². The molecule has 6 aromatic rings. The van der Waals surface area contributed by atoms with Gasteiger partial charge in [-0.3, -0.25) is 19.2 Å². The van der Waals surface area contributed by atoms with Crippen LogP contribution in [-0.2, 0) is 14.1 Å². The topological polar surface area (TPSA) is 122 Å². The van der Waals surface area contributed by atoms with Crippen molar-refractivity contribution >= 4 is 69.5 Å². The minimum Gasteiger partial charge on any atom is -0.469 e. The van der Waals surface area contributed by atoms with Crippen molar-refractivity contribution in [3.8, 4) is 11.8 Å². The maximum absolute atomic E-state index is 13.0. The van der Waals surface area contributed by atoms with E-state index in [4.69, 9.17) is 55.9 Å². The molecule has 0 atom stereocenters. The van der Waals surface area contributed by atoms with Crippen molar-refractivity contribution < 1.29 is 28.7 Å². The summed E-state index contributed by atoms with van der Waals surface area (Å²) >= 11 is 24.1. The molecule has 0 aliphatic rings. The third kappa shape index (κ3) is 9.26. The first kappa shape index (κ1) is 39.9. The van der Waals surface area contributed by atoms with Gasteiger partial charge in [0.2, 0.25) is 23.3 Å². The molecule has 0 amide bonds. The van der Waals surface area contributed by atoms with Crippen molar-refractivity contribution in [2.75, 3.05) is 13.2 Å². The predicted octanol–water partition coefficient (Wildman–Crippen LogP) is 9.06. The van der Waals surface area contributed by atoms with Gasteiger partial charge in [-0.15, -0.1) is 0 Å². The first-order valence-electron chi connectivity index (χ1n) is 16.3. The van der Waals surface area contributed by atoms with E-state index in [1.165, 1.54) is 21.5 Å². The number of hydrogen-bond donors (Lipinski definition) is 0. The standard InChI is InChI=1S/2C20H16Cl2N2O3/c2*1-12-18(19(26)15-9-8-14(21)10-16(15)22)20(24(2)23-12)27-11-17(25)13-6-4-3-5-7-13/h2*3-10H,11H2,1-2H3. The van der Waals surface area contributed by atoms with Gasteiger partial charge in [-0.1, -0.05) is 107 Å². The van der Waals surface area contributed by atoms with E-state index in [-0.39, 0.29) is 80.4 Å². The van der Waals surface area contributed by atoms with Crippen molar-refractivity contribution in [2.24, 2.45) is 14.1 Å². The van der Waals surface area contributed by atoms with E-state index < -0.39 is 0 Å². The summed E-state index contributed by atoms with van der Waals surface area (Å²) in [6, 6.07) is 26.9. The highest BCUT2D eigenvalue weighted by Crippen LogP contribution is 2.31. The zero-order valence-corrected chi connectivity index (χ0v) is 32.4. The molecule has 0 N–H and O–H groups in total. The Morgan fingerprint density at radius 2 is 0.907 bits per heavy atom. The van der Waals surface area contributed by atoms with E-state index in [1.807, 2.05) is 12.1 Å². The lowest BCUT2D eigenvalue weighted by atomic mass is 10.0. The lowest BCUT2D eigenvalue weighted by Gasteiger charge is -2.09. The molecule has 0 aliphatic carbocycles. The second kappa shape index (κ2) is 17.7. The molecule has 0 unspecified atom stereocenters. The summed E-state index contributed by atoms with van der Waals surface area (Å²) in [5.74, 6) is -0.649. The lowest BCUT2D eigenvalue weighted by molar-refractivity contribution is 0.0904. The van der Waals surface area contributed by atoms with Gasteiger partial charge in [-0.25, -0.2) is 9.36 Å². The van der Waals surface area contributed by atoms with Crippen LogP contribution < -0.4 is 9.47 Å². The summed E-state index contributed by atoms with van der Waals surface area (Å²) in [6.45, 7) is 2.97. The Balaban J connectivity index is 0.000000208. The number of carbonyl (C=O) groups excluding carboxylic acids is 4. The highest BCUT2D eigenvalue weighted by Gasteiger charge is 2.27. The van der Waals surface area contributed by atoms with E-state index in [2.05, 4.69) is 10.2 Å². The molecule has 0 radical (unpaired) electrons. The number of halogens is 4. The van der Waals surface area contributed by atoms with Gasteiger partial charge in [0.25, 0.3) is 0 Å². The van der Waals surface area contributed by atoms with E-state index in [0.717, 1.165) is 0 Å². The molecule has 54 heavy (non-hydrogen) atoms. The molecule has 276 valence electrons. The van der Waals surface area contributed by atoms with Gasteiger partial charge in [0, 0.05) is 46.4 Å². The number of rotatable bonds is 12. The summed E-state index contributed by atoms with van der Waals surface area (Å²) in [4.78, 5) is 50.6. The number of hydrogen-bond acceptors (Lipinski definition) is 8. The first-order valence-corrected chi connectivity index (χ1v) is 17.8. The average molecular weight is 807 g/mol. The Bertz CT molecular complexity index is 2190. The van der Waals surface area contributed by atoms with E-state index in [1.54, 1.807) is 101 Å². The summed E-state index contributed by atoms with van der Waals surface area (Å²) in [5.41, 5.74) is 3.14. The van der Waals surface area contributed by atoms with Crippen LogP contribution in [0.25, 0.3) is 0 Å². The van der Waals surface area contributed by atoms with Gasteiger partial charge in [0.1, 0.15) is 11.1 Å². The Kier molecular flexibility index (Phi) is 13.1. The average Bonchev–Trinajstić information content (AvgIpc) is 3.60. The van der Waals surface area contributed by atoms with Crippen LogP contribution in [0.1, 0.15) is 63.9 Å². The number of aryl methyl sites for hydroxylation is 4. The minimum absolute atomic E-state index is 0.197. The number of ketones is 4. The fourth-order valence-corrected chi connectivity index (χ4v) is 6.42. The monoisotopic (exact) mass is 804 g/mol. The second-order valence-electron chi connectivity index (χ2n) is 11.8. The largest absolute Gasteiger partial charge is 0.469 e. The summed E-state index contributed by atoms with van der Waals surface area (Å²) in [5, 5.41) is 9.84. The predicted molar refractivity (Wildman–Crippen MR) is 208 cm³/mol. The van der Waals surface area contributed by atoms with Crippen LogP contribution in [0.3, 0.4) is 0 Å². The maximum Gasteiger partial charge on any atom is 0.223 e. The number of nitrogens with zero attached hydrogens (tertiary/aromatic N) is 4. The van der Waals surface area contributed by atoms with Crippen molar-refractivity contribution in [2.45, 2.75) is 13.8 Å². The molecule has 0 aliphatic heterocycles. The SMILES string of the molecule is Cc1nn(C)c(OCC(=O)c2ccccc2)c1C(=O)c1ccc(Cl)cc1Cl.Cc1nn(C)c(OCC(=O)c2ccccc2)c1C(=O)c1ccc(Cl)cc1Cl.